The van der Waals surface area contributed by atoms with Crippen molar-refractivity contribution in [2.45, 2.75) is 65.5 Å². The predicted octanol–water partition coefficient (Wildman–Crippen LogP) is 2.56. The maximum Gasteiger partial charge on any atom is 0.0715 e. The molecule has 0 aliphatic heterocycles. The lowest BCUT2D eigenvalue weighted by atomic mass is 9.70. The van der Waals surface area contributed by atoms with Gasteiger partial charge in [0.15, 0.2) is 0 Å². The van der Waals surface area contributed by atoms with Gasteiger partial charge in [-0.2, -0.15) is 0 Å². The van der Waals surface area contributed by atoms with Crippen molar-refractivity contribution in [1.82, 2.24) is 5.32 Å². The fourth-order valence-corrected chi connectivity index (χ4v) is 2.90. The molecule has 1 aliphatic carbocycles. The van der Waals surface area contributed by atoms with Crippen LogP contribution in [0.1, 0.15) is 53.9 Å². The Kier molecular flexibility index (Phi) is 3.83. The first-order chi connectivity index (χ1) is 6.68. The molecule has 0 amide bonds. The van der Waals surface area contributed by atoms with E-state index in [2.05, 4.69) is 26.1 Å². The summed E-state index contributed by atoms with van der Waals surface area (Å²) in [5, 5.41) is 13.2. The van der Waals surface area contributed by atoms with Gasteiger partial charge in [-0.3, -0.25) is 0 Å². The Bertz CT molecular complexity index is 205. The minimum atomic E-state index is -0.592. The Morgan fingerprint density at radius 2 is 1.93 bits per heavy atom. The van der Waals surface area contributed by atoms with Crippen molar-refractivity contribution < 1.29 is 5.11 Å². The van der Waals surface area contributed by atoms with E-state index in [0.29, 0.717) is 18.0 Å². The molecule has 0 aromatic rings. The van der Waals surface area contributed by atoms with Crippen molar-refractivity contribution in [1.29, 1.82) is 0 Å². The molecule has 1 fully saturated rings. The van der Waals surface area contributed by atoms with E-state index in [1.54, 1.807) is 0 Å². The van der Waals surface area contributed by atoms with Crippen LogP contribution in [0, 0.1) is 11.3 Å². The highest BCUT2D eigenvalue weighted by Crippen LogP contribution is 2.38. The SMILES string of the molecule is C[C@H]1C[C@@H](NCC(C)(C)O)CC(C)(C)C1. The number of rotatable bonds is 3. The van der Waals surface area contributed by atoms with Crippen LogP contribution in [0.15, 0.2) is 0 Å². The first kappa shape index (κ1) is 13.0. The molecule has 0 aromatic carbocycles. The molecule has 2 N–H and O–H groups in total. The third-order valence-electron chi connectivity index (χ3n) is 3.21. The third-order valence-corrected chi connectivity index (χ3v) is 3.21. The Morgan fingerprint density at radius 1 is 1.33 bits per heavy atom. The van der Waals surface area contributed by atoms with Crippen LogP contribution >= 0.6 is 0 Å². The highest BCUT2D eigenvalue weighted by molar-refractivity contribution is 4.87. The summed E-state index contributed by atoms with van der Waals surface area (Å²) >= 11 is 0. The minimum Gasteiger partial charge on any atom is -0.389 e. The van der Waals surface area contributed by atoms with Crippen LogP contribution in [-0.2, 0) is 0 Å². The first-order valence-corrected chi connectivity index (χ1v) is 6.14. The summed E-state index contributed by atoms with van der Waals surface area (Å²) in [5.41, 5.74) is -0.139. The van der Waals surface area contributed by atoms with E-state index in [-0.39, 0.29) is 0 Å². The quantitative estimate of drug-likeness (QED) is 0.755. The molecule has 1 rings (SSSR count). The molecule has 2 atom stereocenters. The molecule has 0 unspecified atom stereocenters. The van der Waals surface area contributed by atoms with E-state index in [0.717, 1.165) is 5.92 Å². The Labute approximate surface area is 94.5 Å². The predicted molar refractivity (Wildman–Crippen MR) is 64.9 cm³/mol. The van der Waals surface area contributed by atoms with Crippen molar-refractivity contribution in [2.24, 2.45) is 11.3 Å². The molecule has 0 aromatic heterocycles. The zero-order valence-electron chi connectivity index (χ0n) is 10.9. The van der Waals surface area contributed by atoms with Crippen LogP contribution < -0.4 is 5.32 Å². The molecular formula is C13H27NO. The molecule has 2 nitrogen and oxygen atoms in total. The van der Waals surface area contributed by atoms with Gasteiger partial charge in [-0.15, -0.1) is 0 Å². The third kappa shape index (κ3) is 4.98. The van der Waals surface area contributed by atoms with Crippen molar-refractivity contribution in [3.8, 4) is 0 Å². The van der Waals surface area contributed by atoms with Crippen LogP contribution in [-0.4, -0.2) is 23.3 Å². The summed E-state index contributed by atoms with van der Waals surface area (Å²) < 4.78 is 0. The molecule has 15 heavy (non-hydrogen) atoms. The minimum absolute atomic E-state index is 0.453. The lowest BCUT2D eigenvalue weighted by Gasteiger charge is -2.40. The van der Waals surface area contributed by atoms with E-state index in [1.807, 2.05) is 13.8 Å². The zero-order valence-corrected chi connectivity index (χ0v) is 10.9. The monoisotopic (exact) mass is 213 g/mol. The van der Waals surface area contributed by atoms with E-state index in [9.17, 15) is 5.11 Å². The van der Waals surface area contributed by atoms with Crippen molar-refractivity contribution in [2.75, 3.05) is 6.54 Å². The molecule has 0 radical (unpaired) electrons. The van der Waals surface area contributed by atoms with Gasteiger partial charge in [0.25, 0.3) is 0 Å². The molecule has 90 valence electrons. The second-order valence-corrected chi connectivity index (χ2v) is 6.80. The highest BCUT2D eigenvalue weighted by Gasteiger charge is 2.32. The topological polar surface area (TPSA) is 32.3 Å². The zero-order chi connectivity index (χ0) is 11.7. The van der Waals surface area contributed by atoms with Crippen molar-refractivity contribution in [3.63, 3.8) is 0 Å². The fourth-order valence-electron chi connectivity index (χ4n) is 2.90. The van der Waals surface area contributed by atoms with Gasteiger partial charge in [-0.1, -0.05) is 20.8 Å². The van der Waals surface area contributed by atoms with Crippen molar-refractivity contribution >= 4 is 0 Å². The van der Waals surface area contributed by atoms with Crippen LogP contribution in [0.2, 0.25) is 0 Å². The smallest absolute Gasteiger partial charge is 0.0715 e. The lowest BCUT2D eigenvalue weighted by Crippen LogP contribution is -2.45. The maximum atomic E-state index is 9.68. The Balaban J connectivity index is 2.42. The number of aliphatic hydroxyl groups is 1. The summed E-state index contributed by atoms with van der Waals surface area (Å²) in [6.07, 6.45) is 3.81. The van der Waals surface area contributed by atoms with Gasteiger partial charge in [-0.05, 0) is 44.4 Å². The fraction of sp³-hybridized carbons (Fsp3) is 1.00. The van der Waals surface area contributed by atoms with Gasteiger partial charge >= 0.3 is 0 Å². The summed E-state index contributed by atoms with van der Waals surface area (Å²) in [7, 11) is 0. The first-order valence-electron chi connectivity index (χ1n) is 6.14. The second-order valence-electron chi connectivity index (χ2n) is 6.80. The van der Waals surface area contributed by atoms with Gasteiger partial charge in [0, 0.05) is 12.6 Å². The van der Waals surface area contributed by atoms with E-state index < -0.39 is 5.60 Å². The molecule has 0 bridgehead atoms. The number of nitrogens with one attached hydrogen (secondary N) is 1. The largest absolute Gasteiger partial charge is 0.389 e. The van der Waals surface area contributed by atoms with E-state index in [1.165, 1.54) is 19.3 Å². The average molecular weight is 213 g/mol. The summed E-state index contributed by atoms with van der Waals surface area (Å²) in [6.45, 7) is 11.4. The maximum absolute atomic E-state index is 9.68. The second kappa shape index (κ2) is 4.42. The molecule has 2 heteroatoms. The molecule has 0 heterocycles. The van der Waals surface area contributed by atoms with E-state index >= 15 is 0 Å². The summed E-state index contributed by atoms with van der Waals surface area (Å²) in [6, 6.07) is 0.579. The molecule has 1 saturated carbocycles. The van der Waals surface area contributed by atoms with Gasteiger partial charge in [-0.25, -0.2) is 0 Å². The van der Waals surface area contributed by atoms with Gasteiger partial charge in [0.2, 0.25) is 0 Å². The van der Waals surface area contributed by atoms with Crippen LogP contribution in [0.3, 0.4) is 0 Å². The molecule has 0 spiro atoms. The summed E-state index contributed by atoms with van der Waals surface area (Å²) in [5.74, 6) is 0.799. The Morgan fingerprint density at radius 3 is 2.40 bits per heavy atom. The summed E-state index contributed by atoms with van der Waals surface area (Å²) in [4.78, 5) is 0. The molecule has 0 saturated heterocycles. The normalized spacial score (nSPS) is 31.6. The Hall–Kier alpha value is -0.0800. The van der Waals surface area contributed by atoms with Gasteiger partial charge in [0.1, 0.15) is 0 Å². The highest BCUT2D eigenvalue weighted by atomic mass is 16.3. The van der Waals surface area contributed by atoms with Crippen LogP contribution in [0.25, 0.3) is 0 Å². The number of hydrogen-bond donors (Lipinski definition) is 2. The van der Waals surface area contributed by atoms with Crippen molar-refractivity contribution in [3.05, 3.63) is 0 Å². The van der Waals surface area contributed by atoms with Crippen LogP contribution in [0.4, 0.5) is 0 Å². The van der Waals surface area contributed by atoms with Gasteiger partial charge < -0.3 is 10.4 Å². The number of hydrogen-bond acceptors (Lipinski definition) is 2. The lowest BCUT2D eigenvalue weighted by molar-refractivity contribution is 0.0654. The molecular weight excluding hydrogens is 186 g/mol. The van der Waals surface area contributed by atoms with E-state index in [4.69, 9.17) is 0 Å². The van der Waals surface area contributed by atoms with Crippen LogP contribution in [0.5, 0.6) is 0 Å². The average Bonchev–Trinajstić information content (AvgIpc) is 1.95. The van der Waals surface area contributed by atoms with Gasteiger partial charge in [0.05, 0.1) is 5.60 Å². The molecule has 1 aliphatic rings. The standard InChI is InChI=1S/C13H27NO/c1-10-6-11(8-12(2,3)7-10)14-9-13(4,5)15/h10-11,14-15H,6-9H2,1-5H3/t10-,11+/m0/s1.